The summed E-state index contributed by atoms with van der Waals surface area (Å²) in [7, 11) is 3.01. The summed E-state index contributed by atoms with van der Waals surface area (Å²) < 4.78 is 15.9. The molecule has 0 amide bonds. The molecule has 0 aliphatic rings. The van der Waals surface area contributed by atoms with E-state index in [0.717, 1.165) is 11.3 Å². The third-order valence-corrected chi connectivity index (χ3v) is 4.32. The van der Waals surface area contributed by atoms with Crippen molar-refractivity contribution in [3.05, 3.63) is 64.9 Å². The van der Waals surface area contributed by atoms with Crippen molar-refractivity contribution >= 4 is 35.9 Å². The summed E-state index contributed by atoms with van der Waals surface area (Å²) in [5.41, 5.74) is 3.28. The number of hydrogen-bond donors (Lipinski definition) is 2. The van der Waals surface area contributed by atoms with Crippen LogP contribution in [0.3, 0.4) is 0 Å². The van der Waals surface area contributed by atoms with Gasteiger partial charge in [0.05, 0.1) is 25.9 Å². The van der Waals surface area contributed by atoms with Crippen molar-refractivity contribution in [3.63, 3.8) is 0 Å². The first-order chi connectivity index (χ1) is 14.0. The number of halogens is 1. The predicted molar refractivity (Wildman–Crippen MR) is 124 cm³/mol. The van der Waals surface area contributed by atoms with Crippen LogP contribution in [0.25, 0.3) is 11.5 Å². The third kappa shape index (κ3) is 5.85. The Morgan fingerprint density at radius 3 is 2.53 bits per heavy atom. The number of carbonyl (C=O) groups is 1. The van der Waals surface area contributed by atoms with E-state index in [2.05, 4.69) is 20.6 Å². The lowest BCUT2D eigenvalue weighted by Crippen LogP contribution is -2.36. The highest BCUT2D eigenvalue weighted by molar-refractivity contribution is 14.0. The highest BCUT2D eigenvalue weighted by Crippen LogP contribution is 2.19. The van der Waals surface area contributed by atoms with Gasteiger partial charge in [-0.3, -0.25) is 4.99 Å². The van der Waals surface area contributed by atoms with Gasteiger partial charge in [0.15, 0.2) is 5.96 Å². The Bertz CT molecular complexity index is 1010. The van der Waals surface area contributed by atoms with E-state index in [9.17, 15) is 4.79 Å². The molecule has 30 heavy (non-hydrogen) atoms. The Labute approximate surface area is 192 Å². The minimum absolute atomic E-state index is 0. The highest BCUT2D eigenvalue weighted by Gasteiger charge is 2.15. The Morgan fingerprint density at radius 1 is 1.17 bits per heavy atom. The summed E-state index contributed by atoms with van der Waals surface area (Å²) in [6.07, 6.45) is 1.62. The van der Waals surface area contributed by atoms with Crippen molar-refractivity contribution in [1.82, 2.24) is 15.6 Å². The van der Waals surface area contributed by atoms with Gasteiger partial charge in [-0.2, -0.15) is 0 Å². The number of guanidine groups is 1. The van der Waals surface area contributed by atoms with Crippen LogP contribution in [0.1, 0.15) is 33.1 Å². The highest BCUT2D eigenvalue weighted by atomic mass is 127. The molecule has 0 unspecified atom stereocenters. The monoisotopic (exact) mass is 524 g/mol. The van der Waals surface area contributed by atoms with E-state index < -0.39 is 5.97 Å². The van der Waals surface area contributed by atoms with Crippen LogP contribution < -0.4 is 10.6 Å². The number of nitrogens with one attached hydrogen (secondary N) is 2. The van der Waals surface area contributed by atoms with E-state index in [4.69, 9.17) is 13.6 Å². The summed E-state index contributed by atoms with van der Waals surface area (Å²) in [5.74, 6) is 1.84. The van der Waals surface area contributed by atoms with Crippen LogP contribution in [0.4, 0.5) is 0 Å². The number of furan rings is 1. The number of esters is 1. The van der Waals surface area contributed by atoms with Gasteiger partial charge in [-0.05, 0) is 32.0 Å². The molecule has 160 valence electrons. The second kappa shape index (κ2) is 10.8. The molecular formula is C21H25IN4O4. The van der Waals surface area contributed by atoms with E-state index in [1.165, 1.54) is 12.7 Å². The Hall–Kier alpha value is -2.82. The normalized spacial score (nSPS) is 11.0. The van der Waals surface area contributed by atoms with Gasteiger partial charge in [-0.15, -0.1) is 24.0 Å². The summed E-state index contributed by atoms with van der Waals surface area (Å²) in [4.78, 5) is 20.3. The fourth-order valence-electron chi connectivity index (χ4n) is 2.73. The first-order valence-corrected chi connectivity index (χ1v) is 9.13. The van der Waals surface area contributed by atoms with Gasteiger partial charge in [0, 0.05) is 12.6 Å². The molecule has 0 fully saturated rings. The zero-order valence-electron chi connectivity index (χ0n) is 17.3. The van der Waals surface area contributed by atoms with Crippen LogP contribution in [0.2, 0.25) is 0 Å². The van der Waals surface area contributed by atoms with Crippen molar-refractivity contribution in [3.8, 4) is 11.5 Å². The molecule has 2 heterocycles. The number of methoxy groups -OCH3 is 1. The first-order valence-electron chi connectivity index (χ1n) is 9.13. The number of rotatable bonds is 6. The standard InChI is InChI=1S/C21H24N4O4.HI/c1-13-5-7-15(8-6-13)19-25-16(12-28-19)10-23-21(22-3)24-11-17-9-18(14(2)29-17)20(26)27-4;/h5-9,12H,10-11H2,1-4H3,(H2,22,23,24);1H. The Morgan fingerprint density at radius 2 is 1.87 bits per heavy atom. The molecule has 2 aromatic heterocycles. The number of carbonyl (C=O) groups excluding carboxylic acids is 1. The minimum atomic E-state index is -0.421. The summed E-state index contributed by atoms with van der Waals surface area (Å²) in [6.45, 7) is 4.57. The average molecular weight is 524 g/mol. The van der Waals surface area contributed by atoms with Gasteiger partial charge >= 0.3 is 5.97 Å². The molecule has 0 aliphatic carbocycles. The molecule has 2 N–H and O–H groups in total. The van der Waals surface area contributed by atoms with E-state index in [1.807, 2.05) is 31.2 Å². The zero-order chi connectivity index (χ0) is 20.8. The summed E-state index contributed by atoms with van der Waals surface area (Å²) in [6, 6.07) is 9.66. The Balaban J connectivity index is 0.00000320. The molecule has 0 aliphatic heterocycles. The average Bonchev–Trinajstić information content (AvgIpc) is 3.35. The molecule has 0 saturated carbocycles. The number of oxazole rings is 1. The van der Waals surface area contributed by atoms with Crippen LogP contribution >= 0.6 is 24.0 Å². The molecule has 0 saturated heterocycles. The smallest absolute Gasteiger partial charge is 0.341 e. The van der Waals surface area contributed by atoms with Gasteiger partial charge in [0.25, 0.3) is 0 Å². The minimum Gasteiger partial charge on any atom is -0.465 e. The van der Waals surface area contributed by atoms with Crippen molar-refractivity contribution < 1.29 is 18.4 Å². The molecule has 3 aromatic rings. The maximum Gasteiger partial charge on any atom is 0.341 e. The van der Waals surface area contributed by atoms with E-state index in [1.54, 1.807) is 26.3 Å². The van der Waals surface area contributed by atoms with E-state index in [0.29, 0.717) is 42.0 Å². The fraction of sp³-hybridized carbons (Fsp3) is 0.286. The van der Waals surface area contributed by atoms with Crippen molar-refractivity contribution in [2.24, 2.45) is 4.99 Å². The van der Waals surface area contributed by atoms with Gasteiger partial charge in [0.1, 0.15) is 23.3 Å². The lowest BCUT2D eigenvalue weighted by atomic mass is 10.1. The maximum atomic E-state index is 11.7. The predicted octanol–water partition coefficient (Wildman–Crippen LogP) is 3.82. The van der Waals surface area contributed by atoms with E-state index >= 15 is 0 Å². The van der Waals surface area contributed by atoms with Crippen LogP contribution in [-0.4, -0.2) is 31.1 Å². The van der Waals surface area contributed by atoms with Crippen molar-refractivity contribution in [2.45, 2.75) is 26.9 Å². The number of aromatic nitrogens is 1. The van der Waals surface area contributed by atoms with Gasteiger partial charge < -0.3 is 24.2 Å². The van der Waals surface area contributed by atoms with Gasteiger partial charge in [-0.1, -0.05) is 17.7 Å². The lowest BCUT2D eigenvalue weighted by Gasteiger charge is -2.09. The van der Waals surface area contributed by atoms with Crippen LogP contribution in [0, 0.1) is 13.8 Å². The molecular weight excluding hydrogens is 499 g/mol. The number of aliphatic imine (C=N–C) groups is 1. The van der Waals surface area contributed by atoms with Gasteiger partial charge in [0.2, 0.25) is 5.89 Å². The second-order valence-corrected chi connectivity index (χ2v) is 6.46. The zero-order valence-corrected chi connectivity index (χ0v) is 19.6. The van der Waals surface area contributed by atoms with Crippen LogP contribution in [-0.2, 0) is 17.8 Å². The fourth-order valence-corrected chi connectivity index (χ4v) is 2.73. The maximum absolute atomic E-state index is 11.7. The molecule has 0 spiro atoms. The van der Waals surface area contributed by atoms with Crippen molar-refractivity contribution in [2.75, 3.05) is 14.2 Å². The third-order valence-electron chi connectivity index (χ3n) is 4.32. The molecule has 1 aromatic carbocycles. The number of ether oxygens (including phenoxy) is 1. The molecule has 0 bridgehead atoms. The largest absolute Gasteiger partial charge is 0.465 e. The number of nitrogens with zero attached hydrogens (tertiary/aromatic N) is 2. The summed E-state index contributed by atoms with van der Waals surface area (Å²) in [5, 5.41) is 6.30. The first kappa shape index (κ1) is 23.5. The van der Waals surface area contributed by atoms with Crippen LogP contribution in [0.15, 0.2) is 50.4 Å². The summed E-state index contributed by atoms with van der Waals surface area (Å²) >= 11 is 0. The molecule has 0 atom stereocenters. The van der Waals surface area contributed by atoms with Gasteiger partial charge in [-0.25, -0.2) is 9.78 Å². The number of hydrogen-bond acceptors (Lipinski definition) is 6. The molecule has 0 radical (unpaired) electrons. The SMILES string of the molecule is CN=C(NCc1coc(-c2ccc(C)cc2)n1)NCc1cc(C(=O)OC)c(C)o1.I. The molecule has 8 nitrogen and oxygen atoms in total. The topological polar surface area (TPSA) is 102 Å². The number of benzene rings is 1. The quantitative estimate of drug-likeness (QED) is 0.219. The number of aryl methyl sites for hydroxylation is 2. The lowest BCUT2D eigenvalue weighted by molar-refractivity contribution is 0.0599. The molecule has 9 heteroatoms. The Kier molecular flexibility index (Phi) is 8.46. The second-order valence-electron chi connectivity index (χ2n) is 6.46. The van der Waals surface area contributed by atoms with Crippen molar-refractivity contribution in [1.29, 1.82) is 0 Å². The van der Waals surface area contributed by atoms with Crippen LogP contribution in [0.5, 0.6) is 0 Å². The molecule has 3 rings (SSSR count). The van der Waals surface area contributed by atoms with E-state index in [-0.39, 0.29) is 24.0 Å².